The molecule has 0 N–H and O–H groups in total. The topological polar surface area (TPSA) is 12.9 Å². The number of alkyl halides is 3. The summed E-state index contributed by atoms with van der Waals surface area (Å²) in [6, 6.07) is 18.7. The van der Waals surface area contributed by atoms with Crippen LogP contribution in [0.5, 0.6) is 0 Å². The first-order chi connectivity index (χ1) is 10.6. The van der Waals surface area contributed by atoms with Crippen molar-refractivity contribution in [3.63, 3.8) is 0 Å². The zero-order valence-electron chi connectivity index (χ0n) is 11.5. The number of rotatable bonds is 2. The first kappa shape index (κ1) is 14.3. The molecule has 22 heavy (non-hydrogen) atoms. The Hall–Kier alpha value is -2.62. The summed E-state index contributed by atoms with van der Waals surface area (Å²) < 4.78 is 39.7. The van der Waals surface area contributed by atoms with Crippen LogP contribution in [0.1, 0.15) is 5.56 Å². The molecule has 0 aliphatic heterocycles. The van der Waals surface area contributed by atoms with E-state index >= 15 is 0 Å². The third kappa shape index (κ3) is 2.72. The molecular weight excluding hydrogens is 287 g/mol. The van der Waals surface area contributed by atoms with E-state index in [0.29, 0.717) is 5.56 Å². The second kappa shape index (κ2) is 5.64. The van der Waals surface area contributed by atoms with Crippen LogP contribution in [0.25, 0.3) is 22.4 Å². The molecule has 0 unspecified atom stereocenters. The van der Waals surface area contributed by atoms with E-state index in [4.69, 9.17) is 0 Å². The normalized spacial score (nSPS) is 11.4. The van der Waals surface area contributed by atoms with Gasteiger partial charge in [-0.25, -0.2) is 0 Å². The number of hydrogen-bond donors (Lipinski definition) is 0. The van der Waals surface area contributed by atoms with Gasteiger partial charge in [0.05, 0.1) is 11.3 Å². The summed E-state index contributed by atoms with van der Waals surface area (Å²) in [4.78, 5) is 3.98. The lowest BCUT2D eigenvalue weighted by Gasteiger charge is -2.14. The van der Waals surface area contributed by atoms with E-state index in [-0.39, 0.29) is 5.69 Å². The Morgan fingerprint density at radius 1 is 0.682 bits per heavy atom. The molecule has 4 heteroatoms. The molecule has 0 radical (unpaired) electrons. The Morgan fingerprint density at radius 3 is 2.00 bits per heavy atom. The quantitative estimate of drug-likeness (QED) is 0.614. The molecule has 3 aromatic rings. The van der Waals surface area contributed by atoms with Crippen LogP contribution < -0.4 is 0 Å². The smallest absolute Gasteiger partial charge is 0.256 e. The fourth-order valence-electron chi connectivity index (χ4n) is 2.41. The fourth-order valence-corrected chi connectivity index (χ4v) is 2.41. The molecule has 1 heterocycles. The molecule has 2 aromatic carbocycles. The number of aromatic nitrogens is 1. The molecule has 0 spiro atoms. The van der Waals surface area contributed by atoms with Crippen molar-refractivity contribution in [3.8, 4) is 22.4 Å². The number of nitrogens with zero attached hydrogens (tertiary/aromatic N) is 1. The van der Waals surface area contributed by atoms with Crippen molar-refractivity contribution >= 4 is 0 Å². The van der Waals surface area contributed by atoms with Crippen LogP contribution in [0.3, 0.4) is 0 Å². The van der Waals surface area contributed by atoms with Gasteiger partial charge in [-0.3, -0.25) is 4.98 Å². The van der Waals surface area contributed by atoms with Crippen LogP contribution in [-0.4, -0.2) is 4.98 Å². The van der Waals surface area contributed by atoms with Gasteiger partial charge in [-0.1, -0.05) is 54.6 Å². The monoisotopic (exact) mass is 299 g/mol. The molecule has 0 atom stereocenters. The minimum Gasteiger partial charge on any atom is -0.256 e. The van der Waals surface area contributed by atoms with Crippen LogP contribution in [0, 0.1) is 0 Å². The Bertz CT molecular complexity index is 780. The maximum absolute atomic E-state index is 13.2. The van der Waals surface area contributed by atoms with Crippen molar-refractivity contribution in [2.24, 2.45) is 0 Å². The maximum Gasteiger partial charge on any atom is 0.418 e. The van der Waals surface area contributed by atoms with Gasteiger partial charge in [-0.15, -0.1) is 0 Å². The largest absolute Gasteiger partial charge is 0.418 e. The highest BCUT2D eigenvalue weighted by atomic mass is 19.4. The molecule has 0 aliphatic rings. The third-order valence-corrected chi connectivity index (χ3v) is 3.38. The van der Waals surface area contributed by atoms with Crippen LogP contribution in [0.15, 0.2) is 72.9 Å². The first-order valence-corrected chi connectivity index (χ1v) is 6.74. The van der Waals surface area contributed by atoms with Crippen molar-refractivity contribution in [1.29, 1.82) is 0 Å². The lowest BCUT2D eigenvalue weighted by Crippen LogP contribution is -2.08. The van der Waals surface area contributed by atoms with Crippen molar-refractivity contribution in [1.82, 2.24) is 4.98 Å². The van der Waals surface area contributed by atoms with Gasteiger partial charge in [-0.05, 0) is 23.3 Å². The Morgan fingerprint density at radius 2 is 1.32 bits per heavy atom. The average Bonchev–Trinajstić information content (AvgIpc) is 2.55. The van der Waals surface area contributed by atoms with Crippen molar-refractivity contribution in [2.75, 3.05) is 0 Å². The first-order valence-electron chi connectivity index (χ1n) is 6.74. The van der Waals surface area contributed by atoms with Gasteiger partial charge < -0.3 is 0 Å². The molecular formula is C18H12F3N. The summed E-state index contributed by atoms with van der Waals surface area (Å²) in [6.07, 6.45) is -3.06. The van der Waals surface area contributed by atoms with E-state index in [1.54, 1.807) is 18.2 Å². The van der Waals surface area contributed by atoms with Gasteiger partial charge in [0, 0.05) is 11.8 Å². The summed E-state index contributed by atoms with van der Waals surface area (Å²) in [7, 11) is 0. The highest BCUT2D eigenvalue weighted by molar-refractivity contribution is 5.83. The molecule has 0 aliphatic carbocycles. The molecule has 1 nitrogen and oxygen atoms in total. The maximum atomic E-state index is 13.2. The van der Waals surface area contributed by atoms with E-state index in [0.717, 1.165) is 17.2 Å². The number of pyridine rings is 1. The number of hydrogen-bond acceptors (Lipinski definition) is 1. The summed E-state index contributed by atoms with van der Waals surface area (Å²) in [5.41, 5.74) is 1.29. The van der Waals surface area contributed by atoms with E-state index in [1.165, 1.54) is 12.3 Å². The Balaban J connectivity index is 2.24. The molecule has 0 amide bonds. The Labute approximate surface area is 126 Å². The fraction of sp³-hybridized carbons (Fsp3) is 0.0556. The van der Waals surface area contributed by atoms with Crippen LogP contribution >= 0.6 is 0 Å². The second-order valence-electron chi connectivity index (χ2n) is 4.81. The van der Waals surface area contributed by atoms with E-state index in [2.05, 4.69) is 4.98 Å². The molecule has 0 bridgehead atoms. The highest BCUT2D eigenvalue weighted by Gasteiger charge is 2.34. The molecule has 0 saturated carbocycles. The highest BCUT2D eigenvalue weighted by Crippen LogP contribution is 2.39. The standard InChI is InChI=1S/C18H12F3N/c19-18(20,21)16-11-6-12-22-17(16)15-10-5-4-9-14(15)13-7-2-1-3-8-13/h1-12H. The van der Waals surface area contributed by atoms with Gasteiger partial charge in [-0.2, -0.15) is 13.2 Å². The summed E-state index contributed by atoms with van der Waals surface area (Å²) in [5.74, 6) is 0. The Kier molecular flexibility index (Phi) is 3.67. The van der Waals surface area contributed by atoms with Crippen molar-refractivity contribution in [2.45, 2.75) is 6.18 Å². The molecule has 0 saturated heterocycles. The van der Waals surface area contributed by atoms with Crippen LogP contribution in [0.4, 0.5) is 13.2 Å². The predicted molar refractivity (Wildman–Crippen MR) is 80.1 cm³/mol. The molecule has 3 rings (SSSR count). The number of halogens is 3. The minimum absolute atomic E-state index is 0.0468. The summed E-state index contributed by atoms with van der Waals surface area (Å²) >= 11 is 0. The lowest BCUT2D eigenvalue weighted by molar-refractivity contribution is -0.137. The van der Waals surface area contributed by atoms with E-state index < -0.39 is 11.7 Å². The average molecular weight is 299 g/mol. The lowest BCUT2D eigenvalue weighted by atomic mass is 9.95. The van der Waals surface area contributed by atoms with E-state index in [9.17, 15) is 13.2 Å². The minimum atomic E-state index is -4.44. The zero-order chi connectivity index (χ0) is 15.6. The molecule has 110 valence electrons. The van der Waals surface area contributed by atoms with Gasteiger partial charge in [0.1, 0.15) is 0 Å². The van der Waals surface area contributed by atoms with Gasteiger partial charge in [0.2, 0.25) is 0 Å². The van der Waals surface area contributed by atoms with Crippen molar-refractivity contribution in [3.05, 3.63) is 78.5 Å². The predicted octanol–water partition coefficient (Wildman–Crippen LogP) is 5.43. The zero-order valence-corrected chi connectivity index (χ0v) is 11.5. The van der Waals surface area contributed by atoms with Crippen molar-refractivity contribution < 1.29 is 13.2 Å². The van der Waals surface area contributed by atoms with E-state index in [1.807, 2.05) is 36.4 Å². The van der Waals surface area contributed by atoms with Gasteiger partial charge >= 0.3 is 6.18 Å². The van der Waals surface area contributed by atoms with Crippen LogP contribution in [-0.2, 0) is 6.18 Å². The summed E-state index contributed by atoms with van der Waals surface area (Å²) in [5, 5.41) is 0. The van der Waals surface area contributed by atoms with Gasteiger partial charge in [0.15, 0.2) is 0 Å². The number of benzene rings is 2. The summed E-state index contributed by atoms with van der Waals surface area (Å²) in [6.45, 7) is 0. The van der Waals surface area contributed by atoms with Gasteiger partial charge in [0.25, 0.3) is 0 Å². The third-order valence-electron chi connectivity index (χ3n) is 3.38. The molecule has 0 fully saturated rings. The second-order valence-corrected chi connectivity index (χ2v) is 4.81. The SMILES string of the molecule is FC(F)(F)c1cccnc1-c1ccccc1-c1ccccc1. The molecule has 1 aromatic heterocycles. The van der Waals surface area contributed by atoms with Crippen LogP contribution in [0.2, 0.25) is 0 Å².